The number of aromatic nitrogens is 9. The standard InChI is InChI=1S/C22H25F3N6O.2C12H17N3.C12H20N2O.C11H16N4O2S.C11H23NO2S/c1-15-11-28-31(12-15)22(6-7-26)13-30(14-22)16-4-9-29(10-5-16)20(32)17-3-8-27-19(18(17)23)21(2,24)25;2*1-10-8-14-15(9-10)12(6-7-13)11-4-2-3-5-11;1-5-6-12(15)14-8-7-10(2)11(9-14)13(3)4;1-3-18(16,17)14-8-11(9-14,4-5-12)15-7-10(2)6-13-15;1-4-15(13,14)9-10-5-7-11(8-6-10)12(2)3/h3,8,11-12,16H,4-6,9-10,13-14H2,1-2H3;2*8-9,11-12H,2-6H2,1H3;1,10-11H,6-9H2,2-4H3;6-7H,3-4,8-9H2,1-2H3;10-11H,4-9H2,1-3H3/t;2*12-;10-,11+;;/m.101../s1. The molecule has 25 nitrogen and oxygen atoms in total. The number of nitrogens with zero attached hydrogens (tertiary/aromatic N) is 19. The zero-order valence-corrected chi connectivity index (χ0v) is 68.5. The number of alkyl halides is 2. The lowest BCUT2D eigenvalue weighted by molar-refractivity contribution is -0.132. The lowest BCUT2D eigenvalue weighted by atomic mass is 9.84. The Hall–Kier alpha value is -8.02. The average Bonchev–Trinajstić information content (AvgIpc) is 1.30. The van der Waals surface area contributed by atoms with Gasteiger partial charge in [0.1, 0.15) is 26.6 Å². The van der Waals surface area contributed by atoms with E-state index in [9.17, 15) is 44.9 Å². The van der Waals surface area contributed by atoms with E-state index in [4.69, 9.17) is 22.2 Å². The van der Waals surface area contributed by atoms with Gasteiger partial charge in [-0.25, -0.2) is 21.2 Å². The van der Waals surface area contributed by atoms with Crippen molar-refractivity contribution in [2.45, 2.75) is 231 Å². The first-order chi connectivity index (χ1) is 52.2. The molecule has 0 N–H and O–H groups in total. The summed E-state index contributed by atoms with van der Waals surface area (Å²) in [4.78, 5) is 38.0. The molecule has 30 heteroatoms. The van der Waals surface area contributed by atoms with Gasteiger partial charge >= 0.3 is 0 Å². The summed E-state index contributed by atoms with van der Waals surface area (Å²) in [6, 6.07) is 12.1. The Labute approximate surface area is 652 Å². The Bertz CT molecular complexity index is 4140. The van der Waals surface area contributed by atoms with Crippen LogP contribution < -0.4 is 0 Å². The minimum absolute atomic E-state index is 0.0910. The minimum Gasteiger partial charge on any atom is -0.340 e. The normalized spacial score (nSPS) is 21.4. The number of rotatable bonds is 21. The maximum Gasteiger partial charge on any atom is 0.289 e. The second kappa shape index (κ2) is 41.0. The van der Waals surface area contributed by atoms with E-state index >= 15 is 0 Å². The van der Waals surface area contributed by atoms with Crippen LogP contribution in [0.3, 0.4) is 0 Å². The first kappa shape index (κ1) is 89.2. The highest BCUT2D eigenvalue weighted by Gasteiger charge is 2.51. The first-order valence-electron chi connectivity index (χ1n) is 39.0. The number of piperidine rings is 2. The van der Waals surface area contributed by atoms with E-state index in [0.29, 0.717) is 138 Å². The molecule has 2 amide bonds. The topological polar surface area (TPSA) is 301 Å². The predicted octanol–water partition coefficient (Wildman–Crippen LogP) is 11.6. The summed E-state index contributed by atoms with van der Waals surface area (Å²) in [6.07, 6.45) is 40.6. The highest BCUT2D eigenvalue weighted by Crippen LogP contribution is 2.40. The van der Waals surface area contributed by atoms with Crippen LogP contribution in [0.25, 0.3) is 0 Å². The number of terminal acetylenes is 1. The van der Waals surface area contributed by atoms with Crippen LogP contribution in [-0.2, 0) is 41.7 Å². The molecular formula is C80H118F3N19O6S2. The number of sulfonamides is 1. The summed E-state index contributed by atoms with van der Waals surface area (Å²) < 4.78 is 97.1. The molecule has 4 atom stereocenters. The number of carbonyl (C=O) groups is 2. The molecule has 5 aromatic rings. The summed E-state index contributed by atoms with van der Waals surface area (Å²) >= 11 is 0. The molecule has 7 aliphatic rings. The predicted molar refractivity (Wildman–Crippen MR) is 417 cm³/mol. The third-order valence-corrected chi connectivity index (χ3v) is 26.6. The van der Waals surface area contributed by atoms with Gasteiger partial charge in [-0.1, -0.05) is 45.5 Å². The van der Waals surface area contributed by atoms with Crippen molar-refractivity contribution in [3.8, 4) is 36.6 Å². The average molecular weight is 1560 g/mol. The maximum absolute atomic E-state index is 14.5. The zero-order valence-electron chi connectivity index (χ0n) is 66.9. The smallest absolute Gasteiger partial charge is 0.289 e. The van der Waals surface area contributed by atoms with Crippen molar-refractivity contribution < 1.29 is 39.6 Å². The second-order valence-corrected chi connectivity index (χ2v) is 36.5. The molecule has 0 radical (unpaired) electrons. The Kier molecular flexibility index (Phi) is 33.2. The van der Waals surface area contributed by atoms with Crippen molar-refractivity contribution in [3.63, 3.8) is 0 Å². The zero-order chi connectivity index (χ0) is 80.7. The monoisotopic (exact) mass is 1560 g/mol. The van der Waals surface area contributed by atoms with Crippen LogP contribution in [0, 0.1) is 115 Å². The van der Waals surface area contributed by atoms with Gasteiger partial charge in [-0.15, -0.1) is 6.42 Å². The van der Waals surface area contributed by atoms with E-state index in [1.807, 2.05) is 71.4 Å². The van der Waals surface area contributed by atoms with Gasteiger partial charge in [0.05, 0.1) is 110 Å². The number of hydrogen-bond donors (Lipinski definition) is 0. The van der Waals surface area contributed by atoms with E-state index in [-0.39, 0.29) is 41.6 Å². The van der Waals surface area contributed by atoms with Crippen molar-refractivity contribution in [2.75, 3.05) is 97.8 Å². The molecule has 0 bridgehead atoms. The van der Waals surface area contributed by atoms with E-state index < -0.39 is 48.7 Å². The molecule has 3 aliphatic carbocycles. The molecular weight excluding hydrogens is 1440 g/mol. The summed E-state index contributed by atoms with van der Waals surface area (Å²) in [5.74, 6) is 0.351. The van der Waals surface area contributed by atoms with E-state index in [0.717, 1.165) is 68.6 Å². The number of likely N-dealkylation sites (N-methyl/N-ethyl adjacent to an activating group) is 1. The third kappa shape index (κ3) is 24.2. The lowest BCUT2D eigenvalue weighted by Crippen LogP contribution is -2.66. The molecule has 9 heterocycles. The molecule has 0 unspecified atom stereocenters. The summed E-state index contributed by atoms with van der Waals surface area (Å²) in [7, 11) is 2.40. The van der Waals surface area contributed by atoms with Crippen molar-refractivity contribution in [3.05, 3.63) is 101 Å². The Balaban J connectivity index is 0.000000190. The van der Waals surface area contributed by atoms with Crippen molar-refractivity contribution in [1.29, 1.82) is 21.0 Å². The van der Waals surface area contributed by atoms with Crippen LogP contribution in [-0.4, -0.2) is 217 Å². The van der Waals surface area contributed by atoms with Gasteiger partial charge in [0.15, 0.2) is 5.82 Å². The Morgan fingerprint density at radius 2 is 1.12 bits per heavy atom. The number of halogens is 3. The first-order valence-corrected chi connectivity index (χ1v) is 42.4. The highest BCUT2D eigenvalue weighted by molar-refractivity contribution is 7.91. The van der Waals surface area contributed by atoms with Crippen molar-refractivity contribution >= 4 is 31.7 Å². The fourth-order valence-electron chi connectivity index (χ4n) is 16.3. The van der Waals surface area contributed by atoms with Crippen LogP contribution in [0.5, 0.6) is 0 Å². The van der Waals surface area contributed by atoms with Crippen molar-refractivity contribution in [1.82, 2.24) is 72.9 Å². The SMILES string of the molecule is C#CCC(=O)N1CC[C@@H](C)[C@@H](N(C)C)C1.CCS(=O)(=O)CC1CCC(N(C)C)CC1.CCS(=O)(=O)N1CC(CC#N)(n2cc(C)cn2)C1.Cc1cnn(C2(CC#N)CN(C3CCN(C(=O)c4ccnc(C(C)(F)F)c4F)CC3)C2)c1.Cc1cnn([C@@H](CC#N)C2CCCC2)c1.Cc1cnn([C@H](CC#N)C2CCCC2)c1. The number of pyridine rings is 1. The van der Waals surface area contributed by atoms with Gasteiger partial charge < -0.3 is 19.6 Å². The maximum atomic E-state index is 14.5. The highest BCUT2D eigenvalue weighted by atomic mass is 32.2. The quantitative estimate of drug-likeness (QED) is 0.0616. The number of amides is 2. The summed E-state index contributed by atoms with van der Waals surface area (Å²) in [5, 5.41) is 53.3. The number of likely N-dealkylation sites (tertiary alicyclic amines) is 3. The van der Waals surface area contributed by atoms with Gasteiger partial charge in [0.2, 0.25) is 15.9 Å². The minimum atomic E-state index is -3.46. The fourth-order valence-corrected chi connectivity index (χ4v) is 18.8. The van der Waals surface area contributed by atoms with E-state index in [2.05, 4.69) is 118 Å². The van der Waals surface area contributed by atoms with Crippen LogP contribution >= 0.6 is 0 Å². The largest absolute Gasteiger partial charge is 0.340 e. The van der Waals surface area contributed by atoms with Crippen molar-refractivity contribution in [2.24, 2.45) is 23.7 Å². The second-order valence-electron chi connectivity index (χ2n) is 31.8. The van der Waals surface area contributed by atoms with Gasteiger partial charge in [-0.3, -0.25) is 38.2 Å². The van der Waals surface area contributed by atoms with Gasteiger partial charge in [-0.2, -0.15) is 54.5 Å². The molecule has 5 aromatic heterocycles. The number of aryl methyl sites for hydroxylation is 4. The summed E-state index contributed by atoms with van der Waals surface area (Å²) in [5.41, 5.74) is 2.18. The van der Waals surface area contributed by atoms with E-state index in [1.165, 1.54) is 71.7 Å². The van der Waals surface area contributed by atoms with Crippen LogP contribution in [0.2, 0.25) is 0 Å². The van der Waals surface area contributed by atoms with Gasteiger partial charge in [0.25, 0.3) is 11.8 Å². The molecule has 3 saturated carbocycles. The summed E-state index contributed by atoms with van der Waals surface area (Å²) in [6.45, 7) is 18.7. The fraction of sp³-hybridized carbons (Fsp3) is 0.688. The number of nitriles is 4. The molecule has 602 valence electrons. The third-order valence-electron chi connectivity index (χ3n) is 23.0. The number of sulfone groups is 1. The lowest BCUT2D eigenvalue weighted by Gasteiger charge is -2.53. The van der Waals surface area contributed by atoms with Gasteiger partial charge in [-0.05, 0) is 185 Å². The van der Waals surface area contributed by atoms with Crippen LogP contribution in [0.1, 0.15) is 207 Å². The van der Waals surface area contributed by atoms with Crippen LogP contribution in [0.4, 0.5) is 13.2 Å². The van der Waals surface area contributed by atoms with Gasteiger partial charge in [0, 0.05) is 114 Å². The molecule has 7 fully saturated rings. The molecule has 0 spiro atoms. The van der Waals surface area contributed by atoms with E-state index in [1.54, 1.807) is 30.9 Å². The molecule has 110 heavy (non-hydrogen) atoms. The molecule has 12 rings (SSSR count). The molecule has 4 saturated heterocycles. The Morgan fingerprint density at radius 1 is 0.645 bits per heavy atom. The molecule has 4 aliphatic heterocycles. The Morgan fingerprint density at radius 3 is 1.52 bits per heavy atom. The number of hydrogen-bond acceptors (Lipinski definition) is 18. The van der Waals surface area contributed by atoms with Crippen LogP contribution in [0.15, 0.2) is 61.8 Å². The number of carbonyl (C=O) groups excluding carboxylic acids is 2. The molecule has 0 aromatic carbocycles.